The smallest absolute Gasteiger partial charge is 0.205 e. The highest BCUT2D eigenvalue weighted by molar-refractivity contribution is 5.97. The van der Waals surface area contributed by atoms with E-state index in [9.17, 15) is 0 Å². The highest BCUT2D eigenvalue weighted by atomic mass is 16.5. The lowest BCUT2D eigenvalue weighted by Crippen LogP contribution is -2.29. The van der Waals surface area contributed by atoms with Crippen molar-refractivity contribution in [3.05, 3.63) is 60.2 Å². The highest BCUT2D eigenvalue weighted by Gasteiger charge is 2.20. The zero-order chi connectivity index (χ0) is 21.9. The fourth-order valence-corrected chi connectivity index (χ4v) is 4.30. The normalized spacial score (nSPS) is 14.8. The van der Waals surface area contributed by atoms with Crippen LogP contribution in [0.25, 0.3) is 22.1 Å². The first-order valence-electron chi connectivity index (χ1n) is 11.0. The van der Waals surface area contributed by atoms with Crippen molar-refractivity contribution in [3.8, 4) is 16.9 Å². The molecule has 1 saturated heterocycles. The molecule has 8 nitrogen and oxygen atoms in total. The number of aromatic nitrogens is 3. The lowest BCUT2D eigenvalue weighted by molar-refractivity contribution is 0.304. The average Bonchev–Trinajstić information content (AvgIpc) is 3.47. The minimum atomic E-state index is 0.315. The first-order chi connectivity index (χ1) is 15.7. The number of anilines is 1. The lowest BCUT2D eigenvalue weighted by atomic mass is 10.1. The van der Waals surface area contributed by atoms with Crippen LogP contribution in [0.1, 0.15) is 30.0 Å². The number of ether oxygens (including phenoxy) is 1. The molecule has 1 aliphatic heterocycles. The molecule has 0 spiro atoms. The number of rotatable bonds is 7. The number of nitrogens with one attached hydrogen (secondary N) is 2. The molecule has 1 aliphatic rings. The Kier molecular flexibility index (Phi) is 5.79. The highest BCUT2D eigenvalue weighted by Crippen LogP contribution is 2.38. The van der Waals surface area contributed by atoms with Crippen LogP contribution in [-0.2, 0) is 13.2 Å². The molecule has 3 aromatic heterocycles. The molecule has 4 aromatic rings. The van der Waals surface area contributed by atoms with E-state index in [0.29, 0.717) is 29.8 Å². The topological polar surface area (TPSA) is 103 Å². The maximum Gasteiger partial charge on any atom is 0.205 e. The van der Waals surface area contributed by atoms with E-state index >= 15 is 0 Å². The summed E-state index contributed by atoms with van der Waals surface area (Å²) >= 11 is 0. The Balaban J connectivity index is 1.43. The van der Waals surface area contributed by atoms with Gasteiger partial charge in [0, 0.05) is 30.1 Å². The number of nitrogen functional groups attached to an aromatic ring is 1. The average molecular weight is 433 g/mol. The Morgan fingerprint density at radius 3 is 2.84 bits per heavy atom. The predicted molar refractivity (Wildman–Crippen MR) is 124 cm³/mol. The van der Waals surface area contributed by atoms with Crippen molar-refractivity contribution < 1.29 is 9.15 Å². The molecule has 5 rings (SSSR count). The van der Waals surface area contributed by atoms with Crippen molar-refractivity contribution in [1.29, 1.82) is 0 Å². The second-order valence-electron chi connectivity index (χ2n) is 8.14. The van der Waals surface area contributed by atoms with E-state index in [1.807, 2.05) is 25.4 Å². The fraction of sp³-hybridized carbons (Fsp3) is 0.333. The number of benzene rings is 1. The van der Waals surface area contributed by atoms with E-state index in [2.05, 4.69) is 43.7 Å². The van der Waals surface area contributed by atoms with Gasteiger partial charge >= 0.3 is 0 Å². The van der Waals surface area contributed by atoms with E-state index in [4.69, 9.17) is 14.9 Å². The van der Waals surface area contributed by atoms with Gasteiger partial charge < -0.3 is 25.5 Å². The van der Waals surface area contributed by atoms with Crippen LogP contribution in [0.15, 0.2) is 53.5 Å². The first kappa shape index (κ1) is 20.5. The van der Waals surface area contributed by atoms with Crippen molar-refractivity contribution in [2.45, 2.75) is 32.0 Å². The van der Waals surface area contributed by atoms with Gasteiger partial charge in [0.15, 0.2) is 11.4 Å². The minimum Gasteiger partial charge on any atom is -0.482 e. The number of pyridine rings is 1. The van der Waals surface area contributed by atoms with Crippen LogP contribution in [0.4, 0.5) is 5.82 Å². The predicted octanol–water partition coefficient (Wildman–Crippen LogP) is 3.50. The molecule has 1 fully saturated rings. The standard InChI is InChI=1S/C24H28N6O2/c1-26-10-16-4-2-3-5-17(16)14-31-23-22-20(12-28-24(23)25)21(15-32-22)18-11-29-30(13-18)19-6-8-27-9-7-19/h2-5,11-13,15,19,26-27H,6-10,14H2,1H3,(H2,25,28). The van der Waals surface area contributed by atoms with Gasteiger partial charge in [-0.3, -0.25) is 4.68 Å². The minimum absolute atomic E-state index is 0.315. The molecule has 0 amide bonds. The third-order valence-corrected chi connectivity index (χ3v) is 6.05. The van der Waals surface area contributed by atoms with E-state index in [1.165, 1.54) is 5.56 Å². The summed E-state index contributed by atoms with van der Waals surface area (Å²) in [5.74, 6) is 0.786. The van der Waals surface area contributed by atoms with Gasteiger partial charge in [0.2, 0.25) is 5.75 Å². The van der Waals surface area contributed by atoms with Crippen molar-refractivity contribution in [3.63, 3.8) is 0 Å². The maximum atomic E-state index is 6.17. The van der Waals surface area contributed by atoms with Gasteiger partial charge in [-0.05, 0) is 44.1 Å². The first-order valence-corrected chi connectivity index (χ1v) is 11.0. The Hall–Kier alpha value is -3.36. The summed E-state index contributed by atoms with van der Waals surface area (Å²) in [7, 11) is 1.93. The van der Waals surface area contributed by atoms with Crippen LogP contribution >= 0.6 is 0 Å². The number of hydrogen-bond donors (Lipinski definition) is 3. The summed E-state index contributed by atoms with van der Waals surface area (Å²) in [5.41, 5.74) is 11.0. The number of hydrogen-bond acceptors (Lipinski definition) is 7. The van der Waals surface area contributed by atoms with Gasteiger partial charge in [-0.1, -0.05) is 24.3 Å². The Bertz CT molecular complexity index is 1210. The summed E-state index contributed by atoms with van der Waals surface area (Å²) in [4.78, 5) is 4.38. The van der Waals surface area contributed by atoms with Crippen molar-refractivity contribution >= 4 is 16.8 Å². The van der Waals surface area contributed by atoms with E-state index in [1.54, 1.807) is 12.5 Å². The molecular weight excluding hydrogens is 404 g/mol. The van der Waals surface area contributed by atoms with Crippen LogP contribution < -0.4 is 21.1 Å². The van der Waals surface area contributed by atoms with Gasteiger partial charge in [0.1, 0.15) is 12.9 Å². The SMILES string of the molecule is CNCc1ccccc1COc1c(N)ncc2c(-c3cnn(C4CCNCC4)c3)coc12. The van der Waals surface area contributed by atoms with Gasteiger partial charge in [0.25, 0.3) is 0 Å². The Morgan fingerprint density at radius 1 is 1.22 bits per heavy atom. The number of fused-ring (bicyclic) bond motifs is 1. The zero-order valence-corrected chi connectivity index (χ0v) is 18.2. The molecule has 0 atom stereocenters. The summed E-state index contributed by atoms with van der Waals surface area (Å²) in [6.45, 7) is 3.20. The second-order valence-corrected chi connectivity index (χ2v) is 8.14. The third-order valence-electron chi connectivity index (χ3n) is 6.05. The quantitative estimate of drug-likeness (QED) is 0.411. The summed E-state index contributed by atoms with van der Waals surface area (Å²) in [5, 5.41) is 12.1. The van der Waals surface area contributed by atoms with Gasteiger partial charge in [-0.2, -0.15) is 5.10 Å². The number of furan rings is 1. The molecule has 32 heavy (non-hydrogen) atoms. The number of nitrogens with two attached hydrogens (primary N) is 1. The molecule has 4 N–H and O–H groups in total. The Morgan fingerprint density at radius 2 is 2.03 bits per heavy atom. The molecule has 0 unspecified atom stereocenters. The second kappa shape index (κ2) is 9.02. The fourth-order valence-electron chi connectivity index (χ4n) is 4.30. The summed E-state index contributed by atoms with van der Waals surface area (Å²) in [6.07, 6.45) is 9.61. The van der Waals surface area contributed by atoms with Gasteiger partial charge in [0.05, 0.1) is 17.6 Å². The molecule has 8 heteroatoms. The molecule has 0 radical (unpaired) electrons. The third kappa shape index (κ3) is 3.94. The van der Waals surface area contributed by atoms with Crippen LogP contribution in [0, 0.1) is 0 Å². The van der Waals surface area contributed by atoms with E-state index in [-0.39, 0.29) is 0 Å². The monoisotopic (exact) mass is 432 g/mol. The van der Waals surface area contributed by atoms with Crippen molar-refractivity contribution in [2.24, 2.45) is 0 Å². The van der Waals surface area contributed by atoms with E-state index in [0.717, 1.165) is 54.6 Å². The molecule has 0 bridgehead atoms. The largest absolute Gasteiger partial charge is 0.482 e. The lowest BCUT2D eigenvalue weighted by Gasteiger charge is -2.22. The van der Waals surface area contributed by atoms with Crippen molar-refractivity contribution in [1.82, 2.24) is 25.4 Å². The number of nitrogens with zero attached hydrogens (tertiary/aromatic N) is 3. The molecule has 166 valence electrons. The van der Waals surface area contributed by atoms with Crippen LogP contribution in [-0.4, -0.2) is 34.9 Å². The molecule has 0 aliphatic carbocycles. The number of piperidine rings is 1. The van der Waals surface area contributed by atoms with Crippen LogP contribution in [0.5, 0.6) is 5.75 Å². The molecule has 4 heterocycles. The molecule has 0 saturated carbocycles. The van der Waals surface area contributed by atoms with Crippen molar-refractivity contribution in [2.75, 3.05) is 25.9 Å². The summed E-state index contributed by atoms with van der Waals surface area (Å²) in [6, 6.07) is 8.59. The Labute approximate surface area is 186 Å². The van der Waals surface area contributed by atoms with Gasteiger partial charge in [-0.15, -0.1) is 0 Å². The molecular formula is C24H28N6O2. The summed E-state index contributed by atoms with van der Waals surface area (Å²) < 4.78 is 14.1. The van der Waals surface area contributed by atoms with E-state index < -0.39 is 0 Å². The zero-order valence-electron chi connectivity index (χ0n) is 18.2. The molecule has 1 aromatic carbocycles. The maximum absolute atomic E-state index is 6.17. The van der Waals surface area contributed by atoms with Crippen LogP contribution in [0.3, 0.4) is 0 Å². The van der Waals surface area contributed by atoms with Gasteiger partial charge in [-0.25, -0.2) is 4.98 Å². The van der Waals surface area contributed by atoms with Crippen LogP contribution in [0.2, 0.25) is 0 Å².